The summed E-state index contributed by atoms with van der Waals surface area (Å²) in [6.45, 7) is -0.176. The van der Waals surface area contributed by atoms with Crippen LogP contribution in [-0.4, -0.2) is 41.7 Å². The molecule has 0 bridgehead atoms. The lowest BCUT2D eigenvalue weighted by atomic mass is 9.94. The van der Waals surface area contributed by atoms with Crippen LogP contribution in [0.15, 0.2) is 18.2 Å². The Balaban J connectivity index is 1.97. The van der Waals surface area contributed by atoms with Crippen molar-refractivity contribution in [2.75, 3.05) is 13.7 Å². The van der Waals surface area contributed by atoms with Gasteiger partial charge in [0.2, 0.25) is 0 Å². The Hall–Kier alpha value is -2.44. The number of nitrogens with zero attached hydrogens (tertiary/aromatic N) is 2. The highest BCUT2D eigenvalue weighted by molar-refractivity contribution is 5.82. The first-order valence-corrected chi connectivity index (χ1v) is 7.65. The van der Waals surface area contributed by atoms with Crippen LogP contribution in [0.2, 0.25) is 0 Å². The Morgan fingerprint density at radius 1 is 1.39 bits per heavy atom. The number of nitro benzene ring substituents is 1. The first-order valence-electron chi connectivity index (χ1n) is 7.65. The molecule has 0 spiro atoms. The van der Waals surface area contributed by atoms with Crippen molar-refractivity contribution < 1.29 is 19.2 Å². The summed E-state index contributed by atoms with van der Waals surface area (Å²) in [5.41, 5.74) is -0.349. The maximum absolute atomic E-state index is 12.2. The minimum atomic E-state index is -0.646. The quantitative estimate of drug-likeness (QED) is 0.456. The van der Waals surface area contributed by atoms with Gasteiger partial charge in [-0.3, -0.25) is 19.7 Å². The Kier molecular flexibility index (Phi) is 5.67. The fourth-order valence-corrected chi connectivity index (χ4v) is 2.79. The van der Waals surface area contributed by atoms with E-state index in [4.69, 9.17) is 4.74 Å². The molecule has 7 heteroatoms. The molecule has 1 aromatic rings. The topological polar surface area (TPSA) is 89.8 Å². The number of ether oxygens (including phenoxy) is 1. The van der Waals surface area contributed by atoms with Gasteiger partial charge in [-0.2, -0.15) is 0 Å². The van der Waals surface area contributed by atoms with Crippen molar-refractivity contribution in [3.63, 3.8) is 0 Å². The summed E-state index contributed by atoms with van der Waals surface area (Å²) in [5, 5.41) is 10.9. The highest BCUT2D eigenvalue weighted by atomic mass is 16.6. The average molecular weight is 320 g/mol. The summed E-state index contributed by atoms with van der Waals surface area (Å²) in [6.07, 6.45) is 5.89. The van der Waals surface area contributed by atoms with Crippen LogP contribution in [0, 0.1) is 10.1 Å². The van der Waals surface area contributed by atoms with Gasteiger partial charge in [-0.1, -0.05) is 19.3 Å². The highest BCUT2D eigenvalue weighted by Crippen LogP contribution is 2.24. The van der Waals surface area contributed by atoms with Gasteiger partial charge in [0.15, 0.2) is 12.9 Å². The summed E-state index contributed by atoms with van der Waals surface area (Å²) in [7, 11) is 1.76. The molecule has 0 N–H and O–H groups in total. The molecular weight excluding hydrogens is 300 g/mol. The van der Waals surface area contributed by atoms with Crippen molar-refractivity contribution >= 4 is 17.9 Å². The lowest BCUT2D eigenvalue weighted by Gasteiger charge is -2.31. The number of amides is 1. The number of rotatable bonds is 6. The Labute approximate surface area is 134 Å². The van der Waals surface area contributed by atoms with E-state index in [0.717, 1.165) is 31.7 Å². The van der Waals surface area contributed by atoms with Gasteiger partial charge >= 0.3 is 0 Å². The molecule has 2 rings (SSSR count). The fraction of sp³-hybridized carbons (Fsp3) is 0.500. The number of carbonyl (C=O) groups is 2. The number of hydrogen-bond acceptors (Lipinski definition) is 5. The van der Waals surface area contributed by atoms with Gasteiger partial charge in [0.25, 0.3) is 11.6 Å². The average Bonchev–Trinajstić information content (AvgIpc) is 2.59. The monoisotopic (exact) mass is 320 g/mol. The molecule has 0 heterocycles. The molecule has 1 amide bonds. The number of nitro groups is 1. The van der Waals surface area contributed by atoms with Gasteiger partial charge in [0.05, 0.1) is 16.6 Å². The maximum atomic E-state index is 12.2. The van der Waals surface area contributed by atoms with E-state index in [1.54, 1.807) is 11.9 Å². The number of hydrogen-bond donors (Lipinski definition) is 0. The van der Waals surface area contributed by atoms with Crippen molar-refractivity contribution in [1.82, 2.24) is 4.90 Å². The summed E-state index contributed by atoms with van der Waals surface area (Å²) in [4.78, 5) is 34.9. The molecule has 1 aliphatic carbocycles. The van der Waals surface area contributed by atoms with E-state index in [1.807, 2.05) is 0 Å². The predicted octanol–water partition coefficient (Wildman–Crippen LogP) is 2.58. The van der Waals surface area contributed by atoms with Crippen molar-refractivity contribution in [1.29, 1.82) is 0 Å². The third-order valence-electron chi connectivity index (χ3n) is 4.20. The molecule has 0 atom stereocenters. The second-order valence-electron chi connectivity index (χ2n) is 5.68. The first kappa shape index (κ1) is 16.9. The number of aldehydes is 1. The minimum Gasteiger partial charge on any atom is -0.484 e. The lowest BCUT2D eigenvalue weighted by Crippen LogP contribution is -2.40. The minimum absolute atomic E-state index is 0.0204. The largest absolute Gasteiger partial charge is 0.484 e. The van der Waals surface area contributed by atoms with Crippen LogP contribution in [0.4, 0.5) is 5.69 Å². The Morgan fingerprint density at radius 3 is 2.70 bits per heavy atom. The molecule has 1 fully saturated rings. The zero-order valence-corrected chi connectivity index (χ0v) is 13.1. The summed E-state index contributed by atoms with van der Waals surface area (Å²) in [6, 6.07) is 4.17. The smallest absolute Gasteiger partial charge is 0.283 e. The SMILES string of the molecule is CN(C(=O)COc1ccc(C=O)c([N+](=O)[O-])c1)C1CCCCC1. The zero-order valence-electron chi connectivity index (χ0n) is 13.1. The van der Waals surface area contributed by atoms with E-state index in [9.17, 15) is 19.7 Å². The molecule has 0 radical (unpaired) electrons. The standard InChI is InChI=1S/C16H20N2O5/c1-17(13-5-3-2-4-6-13)16(20)11-23-14-8-7-12(10-19)15(9-14)18(21)22/h7-10,13H,2-6,11H2,1H3. The van der Waals surface area contributed by atoms with Gasteiger partial charge in [-0.25, -0.2) is 0 Å². The van der Waals surface area contributed by atoms with Gasteiger partial charge in [-0.15, -0.1) is 0 Å². The third kappa shape index (κ3) is 4.28. The molecule has 7 nitrogen and oxygen atoms in total. The Morgan fingerprint density at radius 2 is 2.09 bits per heavy atom. The van der Waals surface area contributed by atoms with Crippen LogP contribution in [0.3, 0.4) is 0 Å². The molecule has 0 aliphatic heterocycles. The molecule has 1 aliphatic rings. The number of carbonyl (C=O) groups excluding carboxylic acids is 2. The van der Waals surface area contributed by atoms with Gasteiger partial charge < -0.3 is 9.64 Å². The summed E-state index contributed by atoms with van der Waals surface area (Å²) < 4.78 is 5.36. The van der Waals surface area contributed by atoms with Crippen LogP contribution in [0.25, 0.3) is 0 Å². The first-order chi connectivity index (χ1) is 11.0. The van der Waals surface area contributed by atoms with E-state index in [0.29, 0.717) is 6.29 Å². The molecule has 1 aromatic carbocycles. The van der Waals surface area contributed by atoms with Crippen LogP contribution in [0.5, 0.6) is 5.75 Å². The zero-order chi connectivity index (χ0) is 16.8. The summed E-state index contributed by atoms with van der Waals surface area (Å²) in [5.74, 6) is 0.0479. The molecule has 0 unspecified atom stereocenters. The van der Waals surface area contributed by atoms with E-state index in [2.05, 4.69) is 0 Å². The second kappa shape index (κ2) is 7.71. The highest BCUT2D eigenvalue weighted by Gasteiger charge is 2.22. The van der Waals surface area contributed by atoms with E-state index in [1.165, 1.54) is 18.6 Å². The Bertz CT molecular complexity index is 596. The van der Waals surface area contributed by atoms with Crippen molar-refractivity contribution in [3.8, 4) is 5.75 Å². The van der Waals surface area contributed by atoms with Crippen molar-refractivity contribution in [3.05, 3.63) is 33.9 Å². The van der Waals surface area contributed by atoms with Crippen LogP contribution in [-0.2, 0) is 4.79 Å². The molecule has 0 aromatic heterocycles. The van der Waals surface area contributed by atoms with Gasteiger partial charge in [0.1, 0.15) is 5.75 Å². The lowest BCUT2D eigenvalue weighted by molar-refractivity contribution is -0.385. The molecular formula is C16H20N2O5. The van der Waals surface area contributed by atoms with E-state index >= 15 is 0 Å². The van der Waals surface area contributed by atoms with Crippen LogP contribution in [0.1, 0.15) is 42.5 Å². The number of likely N-dealkylation sites (N-methyl/N-ethyl adjacent to an activating group) is 1. The van der Waals surface area contributed by atoms with Gasteiger partial charge in [0, 0.05) is 13.1 Å². The maximum Gasteiger partial charge on any atom is 0.283 e. The third-order valence-corrected chi connectivity index (χ3v) is 4.20. The molecule has 124 valence electrons. The van der Waals surface area contributed by atoms with Crippen LogP contribution < -0.4 is 4.74 Å². The van der Waals surface area contributed by atoms with E-state index in [-0.39, 0.29) is 35.6 Å². The van der Waals surface area contributed by atoms with Crippen molar-refractivity contribution in [2.24, 2.45) is 0 Å². The fourth-order valence-electron chi connectivity index (χ4n) is 2.79. The van der Waals surface area contributed by atoms with Crippen molar-refractivity contribution in [2.45, 2.75) is 38.1 Å². The van der Waals surface area contributed by atoms with E-state index < -0.39 is 4.92 Å². The second-order valence-corrected chi connectivity index (χ2v) is 5.68. The molecule has 1 saturated carbocycles. The molecule has 23 heavy (non-hydrogen) atoms. The molecule has 0 saturated heterocycles. The van der Waals surface area contributed by atoms with Gasteiger partial charge in [-0.05, 0) is 25.0 Å². The van der Waals surface area contributed by atoms with Crippen LogP contribution >= 0.6 is 0 Å². The normalized spacial score (nSPS) is 15.0. The predicted molar refractivity (Wildman–Crippen MR) is 83.6 cm³/mol. The number of benzene rings is 1. The summed E-state index contributed by atoms with van der Waals surface area (Å²) >= 11 is 0.